The molecule has 4 rings (SSSR count). The summed E-state index contributed by atoms with van der Waals surface area (Å²) in [4.78, 5) is 2.28. The van der Waals surface area contributed by atoms with Crippen molar-refractivity contribution in [3.63, 3.8) is 0 Å². The molecule has 0 unspecified atom stereocenters. The molecule has 3 aromatic carbocycles. The summed E-state index contributed by atoms with van der Waals surface area (Å²) >= 11 is 0. The van der Waals surface area contributed by atoms with Gasteiger partial charge in [0.25, 0.3) is 0 Å². The minimum atomic E-state index is -0.192. The molecule has 4 nitrogen and oxygen atoms in total. The molecule has 0 aliphatic carbocycles. The van der Waals surface area contributed by atoms with Crippen LogP contribution in [0.2, 0.25) is 0 Å². The summed E-state index contributed by atoms with van der Waals surface area (Å²) in [5.41, 5.74) is 3.49. The van der Waals surface area contributed by atoms with Gasteiger partial charge in [-0.3, -0.25) is 4.90 Å². The Labute approximate surface area is 178 Å². The van der Waals surface area contributed by atoms with Crippen molar-refractivity contribution in [1.29, 1.82) is 0 Å². The number of hydrogen-bond acceptors (Lipinski definition) is 4. The fraction of sp³-hybridized carbons (Fsp3) is 0.308. The summed E-state index contributed by atoms with van der Waals surface area (Å²) in [6.07, 6.45) is -0.294. The van der Waals surface area contributed by atoms with E-state index < -0.39 is 0 Å². The highest BCUT2D eigenvalue weighted by molar-refractivity contribution is 5.17. The van der Waals surface area contributed by atoms with E-state index >= 15 is 0 Å². The second kappa shape index (κ2) is 10.5. The van der Waals surface area contributed by atoms with Crippen molar-refractivity contribution in [2.75, 3.05) is 13.2 Å². The molecule has 1 heterocycles. The zero-order valence-corrected chi connectivity index (χ0v) is 17.1. The van der Waals surface area contributed by atoms with Crippen LogP contribution in [0.15, 0.2) is 91.0 Å². The molecule has 0 bridgehead atoms. The SMILES string of the molecule is OC[C@@H]1[C@@H](OCc2ccccc2)[C@H](OCc2ccccc2)CN1Cc1ccccc1. The average molecular weight is 404 g/mol. The lowest BCUT2D eigenvalue weighted by molar-refractivity contribution is -0.0764. The van der Waals surface area contributed by atoms with Gasteiger partial charge in [0.15, 0.2) is 0 Å². The van der Waals surface area contributed by atoms with Gasteiger partial charge in [-0.15, -0.1) is 0 Å². The fourth-order valence-corrected chi connectivity index (χ4v) is 4.06. The zero-order chi connectivity index (χ0) is 20.6. The highest BCUT2D eigenvalue weighted by Gasteiger charge is 2.43. The molecule has 3 atom stereocenters. The van der Waals surface area contributed by atoms with E-state index in [0.717, 1.165) is 24.2 Å². The van der Waals surface area contributed by atoms with E-state index in [-0.39, 0.29) is 24.9 Å². The summed E-state index contributed by atoms with van der Waals surface area (Å²) < 4.78 is 12.6. The third kappa shape index (κ3) is 5.35. The van der Waals surface area contributed by atoms with Gasteiger partial charge in [-0.05, 0) is 16.7 Å². The summed E-state index contributed by atoms with van der Waals surface area (Å²) in [6.45, 7) is 2.58. The van der Waals surface area contributed by atoms with Gasteiger partial charge in [0.05, 0.1) is 32.0 Å². The van der Waals surface area contributed by atoms with Crippen LogP contribution in [0.25, 0.3) is 0 Å². The van der Waals surface area contributed by atoms with Crippen molar-refractivity contribution in [2.24, 2.45) is 0 Å². The van der Waals surface area contributed by atoms with Crippen molar-refractivity contribution >= 4 is 0 Å². The molecule has 1 fully saturated rings. The molecule has 0 amide bonds. The molecule has 0 aromatic heterocycles. The average Bonchev–Trinajstić information content (AvgIpc) is 3.14. The number of ether oxygens (including phenoxy) is 2. The molecular weight excluding hydrogens is 374 g/mol. The molecule has 0 radical (unpaired) electrons. The second-order valence-corrected chi connectivity index (χ2v) is 7.76. The monoisotopic (exact) mass is 403 g/mol. The number of benzene rings is 3. The van der Waals surface area contributed by atoms with E-state index in [9.17, 15) is 5.11 Å². The first kappa shape index (κ1) is 20.8. The van der Waals surface area contributed by atoms with Crippen LogP contribution in [-0.2, 0) is 29.2 Å². The van der Waals surface area contributed by atoms with Gasteiger partial charge in [0, 0.05) is 13.1 Å². The number of likely N-dealkylation sites (tertiary alicyclic amines) is 1. The lowest BCUT2D eigenvalue weighted by Gasteiger charge is -2.27. The summed E-state index contributed by atoms with van der Waals surface area (Å²) in [5.74, 6) is 0. The molecular formula is C26H29NO3. The van der Waals surface area contributed by atoms with E-state index in [1.165, 1.54) is 5.56 Å². The number of aliphatic hydroxyl groups is 1. The largest absolute Gasteiger partial charge is 0.395 e. The highest BCUT2D eigenvalue weighted by Crippen LogP contribution is 2.27. The predicted octanol–water partition coefficient (Wildman–Crippen LogP) is 4.03. The van der Waals surface area contributed by atoms with Crippen LogP contribution in [0.4, 0.5) is 0 Å². The summed E-state index contributed by atoms with van der Waals surface area (Å²) in [6, 6.07) is 30.6. The van der Waals surface area contributed by atoms with E-state index in [4.69, 9.17) is 9.47 Å². The van der Waals surface area contributed by atoms with E-state index in [2.05, 4.69) is 41.3 Å². The smallest absolute Gasteiger partial charge is 0.103 e. The van der Waals surface area contributed by atoms with Crippen LogP contribution in [-0.4, -0.2) is 41.4 Å². The Morgan fingerprint density at radius 2 is 1.20 bits per heavy atom. The second-order valence-electron chi connectivity index (χ2n) is 7.76. The third-order valence-electron chi connectivity index (χ3n) is 5.64. The predicted molar refractivity (Wildman–Crippen MR) is 118 cm³/mol. The maximum atomic E-state index is 10.2. The quantitative estimate of drug-likeness (QED) is 0.586. The first-order valence-corrected chi connectivity index (χ1v) is 10.5. The molecule has 156 valence electrons. The van der Waals surface area contributed by atoms with Crippen LogP contribution >= 0.6 is 0 Å². The molecule has 1 saturated heterocycles. The van der Waals surface area contributed by atoms with E-state index in [1.54, 1.807) is 0 Å². The van der Waals surface area contributed by atoms with Crippen molar-refractivity contribution in [1.82, 2.24) is 4.90 Å². The van der Waals surface area contributed by atoms with Gasteiger partial charge in [-0.2, -0.15) is 0 Å². The van der Waals surface area contributed by atoms with E-state index in [0.29, 0.717) is 13.2 Å². The normalized spacial score (nSPS) is 21.7. The number of nitrogens with zero attached hydrogens (tertiary/aromatic N) is 1. The van der Waals surface area contributed by atoms with Gasteiger partial charge < -0.3 is 14.6 Å². The summed E-state index contributed by atoms with van der Waals surface area (Å²) in [7, 11) is 0. The Morgan fingerprint density at radius 3 is 1.73 bits per heavy atom. The fourth-order valence-electron chi connectivity index (χ4n) is 4.06. The van der Waals surface area contributed by atoms with Crippen LogP contribution in [0.3, 0.4) is 0 Å². The van der Waals surface area contributed by atoms with E-state index in [1.807, 2.05) is 54.6 Å². The molecule has 3 aromatic rings. The Morgan fingerprint density at radius 1 is 0.700 bits per heavy atom. The Kier molecular flexibility index (Phi) is 7.27. The first-order valence-electron chi connectivity index (χ1n) is 10.5. The maximum absolute atomic E-state index is 10.2. The lowest BCUT2D eigenvalue weighted by atomic mass is 10.1. The van der Waals surface area contributed by atoms with Gasteiger partial charge >= 0.3 is 0 Å². The van der Waals surface area contributed by atoms with Crippen LogP contribution in [0, 0.1) is 0 Å². The summed E-state index contributed by atoms with van der Waals surface area (Å²) in [5, 5.41) is 10.2. The lowest BCUT2D eigenvalue weighted by Crippen LogP contribution is -2.40. The molecule has 30 heavy (non-hydrogen) atoms. The van der Waals surface area contributed by atoms with Crippen molar-refractivity contribution < 1.29 is 14.6 Å². The minimum absolute atomic E-state index is 0.0392. The number of rotatable bonds is 9. The molecule has 1 aliphatic rings. The van der Waals surface area contributed by atoms with Gasteiger partial charge in [-0.1, -0.05) is 91.0 Å². The number of aliphatic hydroxyl groups excluding tert-OH is 1. The van der Waals surface area contributed by atoms with Gasteiger partial charge in [-0.25, -0.2) is 0 Å². The molecule has 4 heteroatoms. The van der Waals surface area contributed by atoms with Crippen molar-refractivity contribution in [2.45, 2.75) is 38.0 Å². The molecule has 0 spiro atoms. The van der Waals surface area contributed by atoms with Crippen LogP contribution in [0.5, 0.6) is 0 Å². The Hall–Kier alpha value is -2.50. The number of hydrogen-bond donors (Lipinski definition) is 1. The van der Waals surface area contributed by atoms with Crippen LogP contribution < -0.4 is 0 Å². The van der Waals surface area contributed by atoms with Crippen molar-refractivity contribution in [3.05, 3.63) is 108 Å². The zero-order valence-electron chi connectivity index (χ0n) is 17.1. The molecule has 1 aliphatic heterocycles. The Bertz CT molecular complexity index is 873. The molecule has 1 N–H and O–H groups in total. The minimum Gasteiger partial charge on any atom is -0.395 e. The Balaban J connectivity index is 1.47. The molecule has 0 saturated carbocycles. The topological polar surface area (TPSA) is 41.9 Å². The maximum Gasteiger partial charge on any atom is 0.103 e. The van der Waals surface area contributed by atoms with Crippen molar-refractivity contribution in [3.8, 4) is 0 Å². The third-order valence-corrected chi connectivity index (χ3v) is 5.64. The van der Waals surface area contributed by atoms with Gasteiger partial charge in [0.1, 0.15) is 6.10 Å². The van der Waals surface area contributed by atoms with Gasteiger partial charge in [0.2, 0.25) is 0 Å². The first-order chi connectivity index (χ1) is 14.8. The van der Waals surface area contributed by atoms with Crippen LogP contribution in [0.1, 0.15) is 16.7 Å². The standard InChI is InChI=1S/C26H29NO3/c28-18-24-26(30-20-23-14-8-3-9-15-23)25(29-19-22-12-6-2-7-13-22)17-27(24)16-21-10-4-1-5-11-21/h1-15,24-26,28H,16-20H2/t24-,25-,26-/m1/s1. The highest BCUT2D eigenvalue weighted by atomic mass is 16.5.